The minimum absolute atomic E-state index is 0.947. The molecule has 5 heteroatoms. The highest BCUT2D eigenvalue weighted by Crippen LogP contribution is 2.50. The van der Waals surface area contributed by atoms with Crippen molar-refractivity contribution >= 4 is 56.7 Å². The molecule has 2 aromatic carbocycles. The number of hydrogen-bond donors (Lipinski definition) is 0. The molecule has 0 radical (unpaired) electrons. The van der Waals surface area contributed by atoms with Gasteiger partial charge in [0, 0.05) is 34.5 Å². The summed E-state index contributed by atoms with van der Waals surface area (Å²) in [6, 6.07) is 13.4. The molecule has 34 heavy (non-hydrogen) atoms. The van der Waals surface area contributed by atoms with E-state index < -0.39 is 0 Å². The second-order valence-electron chi connectivity index (χ2n) is 9.45. The highest BCUT2D eigenvalue weighted by atomic mass is 35.5. The van der Waals surface area contributed by atoms with Crippen molar-refractivity contribution in [2.24, 2.45) is 0 Å². The first-order valence-electron chi connectivity index (χ1n) is 12.3. The summed E-state index contributed by atoms with van der Waals surface area (Å²) in [6.45, 7) is 2.20. The second kappa shape index (κ2) is 8.44. The van der Waals surface area contributed by atoms with E-state index in [9.17, 15) is 0 Å². The third kappa shape index (κ3) is 3.42. The maximum Gasteiger partial charge on any atom is 0.262 e. The van der Waals surface area contributed by atoms with Crippen molar-refractivity contribution in [2.75, 3.05) is 11.4 Å². The predicted octanol–water partition coefficient (Wildman–Crippen LogP) is 7.76. The molecule has 0 spiro atoms. The van der Waals surface area contributed by atoms with Gasteiger partial charge in [-0.05, 0) is 67.0 Å². The first-order valence-corrected chi connectivity index (χ1v) is 14.3. The average molecular weight is 502 g/mol. The molecule has 0 saturated carbocycles. The van der Waals surface area contributed by atoms with Gasteiger partial charge in [-0.3, -0.25) is 0 Å². The van der Waals surface area contributed by atoms with Gasteiger partial charge < -0.3 is 4.90 Å². The van der Waals surface area contributed by atoms with Crippen molar-refractivity contribution in [3.05, 3.63) is 92.0 Å². The fourth-order valence-corrected chi connectivity index (χ4v) is 8.37. The fraction of sp³-hybridized carbons (Fsp3) is 0.276. The average Bonchev–Trinajstić information content (AvgIpc) is 3.56. The van der Waals surface area contributed by atoms with Crippen molar-refractivity contribution in [3.8, 4) is 0 Å². The molecule has 1 aliphatic carbocycles. The molecule has 4 heterocycles. The fourth-order valence-electron chi connectivity index (χ4n) is 5.78. The molecule has 3 aliphatic heterocycles. The highest BCUT2D eigenvalue weighted by Gasteiger charge is 2.31. The van der Waals surface area contributed by atoms with Gasteiger partial charge in [-0.2, -0.15) is 4.57 Å². The highest BCUT2D eigenvalue weighted by molar-refractivity contribution is 8.03. The van der Waals surface area contributed by atoms with E-state index in [-0.39, 0.29) is 0 Å². The Bertz CT molecular complexity index is 1460. The van der Waals surface area contributed by atoms with Crippen LogP contribution in [0.5, 0.6) is 0 Å². The molecule has 0 fully saturated rings. The number of hydrogen-bond acceptors (Lipinski definition) is 3. The molecule has 0 N–H and O–H groups in total. The lowest BCUT2D eigenvalue weighted by Crippen LogP contribution is -2.38. The van der Waals surface area contributed by atoms with E-state index in [1.165, 1.54) is 66.0 Å². The lowest BCUT2D eigenvalue weighted by atomic mass is 9.94. The molecule has 170 valence electrons. The number of nitrogens with zero attached hydrogens (tertiary/aromatic N) is 2. The first kappa shape index (κ1) is 21.0. The molecule has 7 rings (SSSR count). The third-order valence-corrected chi connectivity index (χ3v) is 10.1. The van der Waals surface area contributed by atoms with Crippen LogP contribution in [0.2, 0.25) is 0 Å². The van der Waals surface area contributed by atoms with Gasteiger partial charge in [-0.15, -0.1) is 0 Å². The lowest BCUT2D eigenvalue weighted by molar-refractivity contribution is -0.671. The monoisotopic (exact) mass is 501 g/mol. The zero-order chi connectivity index (χ0) is 22.6. The second-order valence-corrected chi connectivity index (χ2v) is 12.0. The first-order chi connectivity index (χ1) is 16.8. The SMILES string of the molecule is ClC1=C(/C=C/c2sc3cccc4c3[n+]2CCC4)CCC/C1=C\C=C1/Sc2cccc3c2N1CC3. The topological polar surface area (TPSA) is 7.12 Å². The maximum absolute atomic E-state index is 6.97. The Labute approximate surface area is 213 Å². The Morgan fingerprint density at radius 2 is 1.82 bits per heavy atom. The third-order valence-electron chi connectivity index (χ3n) is 7.41. The van der Waals surface area contributed by atoms with Crippen LogP contribution in [0.25, 0.3) is 16.3 Å². The Balaban J connectivity index is 1.18. The van der Waals surface area contributed by atoms with Gasteiger partial charge in [0.1, 0.15) is 4.70 Å². The Morgan fingerprint density at radius 1 is 0.912 bits per heavy atom. The summed E-state index contributed by atoms with van der Waals surface area (Å²) in [4.78, 5) is 3.87. The smallest absolute Gasteiger partial charge is 0.262 e. The van der Waals surface area contributed by atoms with E-state index in [0.717, 1.165) is 43.8 Å². The normalized spacial score (nSPS) is 21.6. The minimum Gasteiger partial charge on any atom is -0.334 e. The van der Waals surface area contributed by atoms with E-state index in [2.05, 4.69) is 70.2 Å². The van der Waals surface area contributed by atoms with E-state index in [0.29, 0.717) is 0 Å². The number of anilines is 1. The summed E-state index contributed by atoms with van der Waals surface area (Å²) in [5.41, 5.74) is 8.38. The number of para-hydroxylation sites is 2. The summed E-state index contributed by atoms with van der Waals surface area (Å²) >= 11 is 10.8. The van der Waals surface area contributed by atoms with Crippen LogP contribution in [0.3, 0.4) is 0 Å². The number of allylic oxidation sites excluding steroid dienone is 6. The van der Waals surface area contributed by atoms with Gasteiger partial charge in [0.15, 0.2) is 6.54 Å². The van der Waals surface area contributed by atoms with E-state index in [1.54, 1.807) is 0 Å². The van der Waals surface area contributed by atoms with Gasteiger partial charge in [0.2, 0.25) is 5.52 Å². The van der Waals surface area contributed by atoms with Crippen LogP contribution in [-0.4, -0.2) is 6.54 Å². The molecule has 0 amide bonds. The summed E-state index contributed by atoms with van der Waals surface area (Å²) in [6.07, 6.45) is 16.0. The van der Waals surface area contributed by atoms with Gasteiger partial charge in [0.25, 0.3) is 5.01 Å². The molecule has 4 aliphatic rings. The molecular weight excluding hydrogens is 476 g/mol. The molecule has 0 saturated heterocycles. The van der Waals surface area contributed by atoms with Crippen molar-refractivity contribution in [1.29, 1.82) is 0 Å². The number of rotatable bonds is 3. The van der Waals surface area contributed by atoms with E-state index >= 15 is 0 Å². The maximum atomic E-state index is 6.97. The Morgan fingerprint density at radius 3 is 2.79 bits per heavy atom. The molecule has 3 aromatic rings. The summed E-state index contributed by atoms with van der Waals surface area (Å²) in [7, 11) is 0. The van der Waals surface area contributed by atoms with Gasteiger partial charge in [-0.25, -0.2) is 0 Å². The van der Waals surface area contributed by atoms with Crippen molar-refractivity contribution in [3.63, 3.8) is 0 Å². The van der Waals surface area contributed by atoms with Gasteiger partial charge in [0.05, 0.1) is 10.7 Å². The zero-order valence-electron chi connectivity index (χ0n) is 19.0. The van der Waals surface area contributed by atoms with Crippen molar-refractivity contribution in [1.82, 2.24) is 0 Å². The van der Waals surface area contributed by atoms with E-state index in [1.807, 2.05) is 23.1 Å². The quantitative estimate of drug-likeness (QED) is 0.338. The molecule has 0 unspecified atom stereocenters. The van der Waals surface area contributed by atoms with Gasteiger partial charge in [-0.1, -0.05) is 71.1 Å². The number of thioether (sulfide) groups is 1. The van der Waals surface area contributed by atoms with Crippen molar-refractivity contribution < 1.29 is 4.57 Å². The Hall–Kier alpha value is -2.27. The number of thiazole rings is 1. The van der Waals surface area contributed by atoms with Crippen LogP contribution in [0.1, 0.15) is 41.8 Å². The molecule has 1 aromatic heterocycles. The number of aromatic nitrogens is 1. The molecule has 2 nitrogen and oxygen atoms in total. The largest absolute Gasteiger partial charge is 0.334 e. The minimum atomic E-state index is 0.947. The van der Waals surface area contributed by atoms with Crippen LogP contribution in [-0.2, 0) is 19.4 Å². The van der Waals surface area contributed by atoms with Crippen LogP contribution >= 0.6 is 34.7 Å². The standard InChI is InChI=1S/C29H26ClN2S2/c30-27-19(12-14-25-31-17-4-9-21-7-2-10-23(33-25)28(21)31)5-1-6-20(27)13-15-26-32-18-16-22-8-3-11-24(34-26)29(22)32/h2-3,7-8,10-15H,1,4-6,9,16-18H2/q+1. The van der Waals surface area contributed by atoms with Crippen LogP contribution in [0.15, 0.2) is 80.7 Å². The number of benzene rings is 2. The van der Waals surface area contributed by atoms with Crippen LogP contribution < -0.4 is 9.47 Å². The van der Waals surface area contributed by atoms with Crippen LogP contribution in [0, 0.1) is 0 Å². The Kier molecular flexibility index (Phi) is 5.22. The zero-order valence-corrected chi connectivity index (χ0v) is 21.4. The molecule has 0 atom stereocenters. The summed E-state index contributed by atoms with van der Waals surface area (Å²) < 4.78 is 3.90. The van der Waals surface area contributed by atoms with E-state index in [4.69, 9.17) is 11.6 Å². The number of aryl methyl sites for hydroxylation is 2. The predicted molar refractivity (Wildman–Crippen MR) is 146 cm³/mol. The summed E-state index contributed by atoms with van der Waals surface area (Å²) in [5, 5.41) is 3.61. The molecular formula is C29H26ClN2S2+. The summed E-state index contributed by atoms with van der Waals surface area (Å²) in [5.74, 6) is 0. The van der Waals surface area contributed by atoms with Gasteiger partial charge >= 0.3 is 0 Å². The molecule has 0 bridgehead atoms. The lowest BCUT2D eigenvalue weighted by Gasteiger charge is -2.17. The van der Waals surface area contributed by atoms with Crippen LogP contribution in [0.4, 0.5) is 5.69 Å². The van der Waals surface area contributed by atoms with Crippen molar-refractivity contribution in [2.45, 2.75) is 50.0 Å². The number of halogens is 1.